The zero-order valence-electron chi connectivity index (χ0n) is 10.9. The molecule has 0 spiro atoms. The van der Waals surface area contributed by atoms with Gasteiger partial charge >= 0.3 is 5.97 Å². The van der Waals surface area contributed by atoms with Crippen molar-refractivity contribution in [2.24, 2.45) is 23.2 Å². The number of likely N-dealkylation sites (tertiary alicyclic amines) is 1. The molecule has 0 bridgehead atoms. The number of aliphatic hydroxyl groups is 1. The Bertz CT molecular complexity index is 358. The van der Waals surface area contributed by atoms with E-state index in [9.17, 15) is 9.59 Å². The van der Waals surface area contributed by atoms with Gasteiger partial charge in [-0.25, -0.2) is 0 Å². The fraction of sp³-hybridized carbons (Fsp3) is 0.846. The van der Waals surface area contributed by atoms with E-state index in [1.807, 2.05) is 13.8 Å². The van der Waals surface area contributed by atoms with E-state index in [2.05, 4.69) is 0 Å². The smallest absolute Gasteiger partial charge is 0.307 e. The van der Waals surface area contributed by atoms with Crippen molar-refractivity contribution in [2.45, 2.75) is 26.7 Å². The first-order valence-corrected chi connectivity index (χ1v) is 6.52. The van der Waals surface area contributed by atoms with Crippen molar-refractivity contribution < 1.29 is 19.8 Å². The van der Waals surface area contributed by atoms with Gasteiger partial charge in [0, 0.05) is 19.7 Å². The second kappa shape index (κ2) is 4.53. The van der Waals surface area contributed by atoms with Gasteiger partial charge in [0.15, 0.2) is 0 Å². The summed E-state index contributed by atoms with van der Waals surface area (Å²) in [7, 11) is 0. The van der Waals surface area contributed by atoms with E-state index in [-0.39, 0.29) is 24.3 Å². The van der Waals surface area contributed by atoms with Crippen LogP contribution in [0.25, 0.3) is 0 Å². The molecule has 2 fully saturated rings. The fourth-order valence-corrected chi connectivity index (χ4v) is 3.09. The van der Waals surface area contributed by atoms with Crippen LogP contribution in [-0.4, -0.2) is 46.7 Å². The van der Waals surface area contributed by atoms with E-state index in [0.29, 0.717) is 13.1 Å². The van der Waals surface area contributed by atoms with Crippen LogP contribution in [0.2, 0.25) is 0 Å². The summed E-state index contributed by atoms with van der Waals surface area (Å²) in [5.41, 5.74) is -0.420. The number of hydrogen-bond donors (Lipinski definition) is 2. The molecule has 0 aromatic carbocycles. The Balaban J connectivity index is 1.96. The van der Waals surface area contributed by atoms with Crippen LogP contribution < -0.4 is 0 Å². The molecule has 102 valence electrons. The van der Waals surface area contributed by atoms with E-state index >= 15 is 0 Å². The van der Waals surface area contributed by atoms with Gasteiger partial charge in [0.1, 0.15) is 0 Å². The summed E-state index contributed by atoms with van der Waals surface area (Å²) in [5.74, 6) is -1.52. The van der Waals surface area contributed by atoms with Crippen LogP contribution in [0.3, 0.4) is 0 Å². The number of aliphatic hydroxyl groups excluding tert-OH is 1. The van der Waals surface area contributed by atoms with Crippen LogP contribution in [0.1, 0.15) is 26.7 Å². The maximum atomic E-state index is 12.3. The number of carboxylic acids is 1. The number of amides is 1. The van der Waals surface area contributed by atoms with E-state index in [0.717, 1.165) is 12.8 Å². The summed E-state index contributed by atoms with van der Waals surface area (Å²) < 4.78 is 0. The monoisotopic (exact) mass is 255 g/mol. The Kier molecular flexibility index (Phi) is 3.36. The topological polar surface area (TPSA) is 77.8 Å². The van der Waals surface area contributed by atoms with Crippen LogP contribution in [0.4, 0.5) is 0 Å². The number of nitrogens with zero attached hydrogens (tertiary/aromatic N) is 1. The second-order valence-electron chi connectivity index (χ2n) is 6.07. The predicted octanol–water partition coefficient (Wildman–Crippen LogP) is 0.574. The highest BCUT2D eigenvalue weighted by Crippen LogP contribution is 2.59. The van der Waals surface area contributed by atoms with Crippen molar-refractivity contribution in [3.63, 3.8) is 0 Å². The maximum Gasteiger partial charge on any atom is 0.307 e. The first-order chi connectivity index (χ1) is 8.39. The molecule has 5 heteroatoms. The number of aliphatic carboxylic acids is 1. The van der Waals surface area contributed by atoms with Gasteiger partial charge in [-0.2, -0.15) is 0 Å². The van der Waals surface area contributed by atoms with E-state index in [1.54, 1.807) is 4.90 Å². The van der Waals surface area contributed by atoms with Crippen molar-refractivity contribution >= 4 is 11.9 Å². The normalized spacial score (nSPS) is 31.2. The summed E-state index contributed by atoms with van der Waals surface area (Å²) in [5, 5.41) is 18.1. The minimum atomic E-state index is -0.872. The molecular weight excluding hydrogens is 234 g/mol. The van der Waals surface area contributed by atoms with Gasteiger partial charge in [0.25, 0.3) is 0 Å². The zero-order chi connectivity index (χ0) is 13.5. The quantitative estimate of drug-likeness (QED) is 0.773. The highest BCUT2D eigenvalue weighted by Gasteiger charge is 2.66. The van der Waals surface area contributed by atoms with Gasteiger partial charge in [-0.3, -0.25) is 9.59 Å². The van der Waals surface area contributed by atoms with Crippen LogP contribution in [0, 0.1) is 23.2 Å². The standard InChI is InChI=1S/C13H21NO4/c1-13(2)9(10(13)12(17)18)11(16)14-5-3-8(7-15)4-6-14/h8-10,15H,3-7H2,1-2H3,(H,17,18). The summed E-state index contributed by atoms with van der Waals surface area (Å²) >= 11 is 0. The Morgan fingerprint density at radius 1 is 1.22 bits per heavy atom. The van der Waals surface area contributed by atoms with Crippen molar-refractivity contribution in [1.82, 2.24) is 4.90 Å². The minimum absolute atomic E-state index is 0.0243. The summed E-state index contributed by atoms with van der Waals surface area (Å²) in [6.45, 7) is 5.14. The minimum Gasteiger partial charge on any atom is -0.481 e. The molecule has 2 unspecified atom stereocenters. The van der Waals surface area contributed by atoms with Gasteiger partial charge in [-0.15, -0.1) is 0 Å². The molecule has 2 atom stereocenters. The molecule has 1 aliphatic heterocycles. The van der Waals surface area contributed by atoms with Crippen molar-refractivity contribution in [3.05, 3.63) is 0 Å². The Hall–Kier alpha value is -1.10. The second-order valence-corrected chi connectivity index (χ2v) is 6.07. The largest absolute Gasteiger partial charge is 0.481 e. The Morgan fingerprint density at radius 3 is 2.17 bits per heavy atom. The van der Waals surface area contributed by atoms with E-state index in [4.69, 9.17) is 10.2 Å². The summed E-state index contributed by atoms with van der Waals surface area (Å²) in [4.78, 5) is 25.1. The third-order valence-corrected chi connectivity index (χ3v) is 4.54. The first kappa shape index (κ1) is 13.3. The van der Waals surface area contributed by atoms with Gasteiger partial charge in [-0.05, 0) is 24.2 Å². The third kappa shape index (κ3) is 2.11. The lowest BCUT2D eigenvalue weighted by Gasteiger charge is -2.31. The SMILES string of the molecule is CC1(C)C(C(=O)O)C1C(=O)N1CCC(CO)CC1. The fourth-order valence-electron chi connectivity index (χ4n) is 3.09. The summed E-state index contributed by atoms with van der Waals surface area (Å²) in [6, 6.07) is 0. The number of rotatable bonds is 3. The number of hydrogen-bond acceptors (Lipinski definition) is 3. The number of carbonyl (C=O) groups is 2. The molecular formula is C13H21NO4. The Morgan fingerprint density at radius 2 is 1.78 bits per heavy atom. The molecule has 2 aliphatic rings. The molecule has 0 aromatic rings. The van der Waals surface area contributed by atoms with Crippen LogP contribution in [0.15, 0.2) is 0 Å². The average molecular weight is 255 g/mol. The zero-order valence-corrected chi connectivity index (χ0v) is 10.9. The lowest BCUT2D eigenvalue weighted by Crippen LogP contribution is -2.40. The molecule has 18 heavy (non-hydrogen) atoms. The van der Waals surface area contributed by atoms with Gasteiger partial charge in [-0.1, -0.05) is 13.8 Å². The molecule has 0 radical (unpaired) electrons. The lowest BCUT2D eigenvalue weighted by atomic mass is 9.97. The van der Waals surface area contributed by atoms with Crippen LogP contribution in [-0.2, 0) is 9.59 Å². The molecule has 2 N–H and O–H groups in total. The van der Waals surface area contributed by atoms with Gasteiger partial charge in [0.05, 0.1) is 11.8 Å². The van der Waals surface area contributed by atoms with Crippen molar-refractivity contribution in [1.29, 1.82) is 0 Å². The lowest BCUT2D eigenvalue weighted by molar-refractivity contribution is -0.142. The molecule has 2 rings (SSSR count). The maximum absolute atomic E-state index is 12.3. The third-order valence-electron chi connectivity index (χ3n) is 4.54. The number of carbonyl (C=O) groups excluding carboxylic acids is 1. The van der Waals surface area contributed by atoms with Gasteiger partial charge in [0.2, 0.25) is 5.91 Å². The van der Waals surface area contributed by atoms with E-state index < -0.39 is 17.3 Å². The molecule has 1 heterocycles. The molecule has 1 amide bonds. The van der Waals surface area contributed by atoms with Gasteiger partial charge < -0.3 is 15.1 Å². The number of piperidine rings is 1. The molecule has 1 saturated heterocycles. The van der Waals surface area contributed by atoms with Crippen molar-refractivity contribution in [3.8, 4) is 0 Å². The predicted molar refractivity (Wildman–Crippen MR) is 64.8 cm³/mol. The Labute approximate surface area is 107 Å². The van der Waals surface area contributed by atoms with Crippen LogP contribution in [0.5, 0.6) is 0 Å². The average Bonchev–Trinajstić information content (AvgIpc) is 2.92. The highest BCUT2D eigenvalue weighted by molar-refractivity contribution is 5.91. The molecule has 1 aliphatic carbocycles. The number of carboxylic acid groups (broad SMARTS) is 1. The van der Waals surface area contributed by atoms with Crippen molar-refractivity contribution in [2.75, 3.05) is 19.7 Å². The summed E-state index contributed by atoms with van der Waals surface area (Å²) in [6.07, 6.45) is 1.63. The molecule has 0 aromatic heterocycles. The highest BCUT2D eigenvalue weighted by atomic mass is 16.4. The molecule has 5 nitrogen and oxygen atoms in total. The van der Waals surface area contributed by atoms with E-state index in [1.165, 1.54) is 0 Å². The van der Waals surface area contributed by atoms with Crippen LogP contribution >= 0.6 is 0 Å². The first-order valence-electron chi connectivity index (χ1n) is 6.52. The molecule has 1 saturated carbocycles.